The molecule has 0 unspecified atom stereocenters. The predicted molar refractivity (Wildman–Crippen MR) is 90.4 cm³/mol. The number of fused-ring (bicyclic) bond motifs is 7. The number of ether oxygens (including phenoxy) is 2. The van der Waals surface area contributed by atoms with Gasteiger partial charge in [-0.05, 0) is 31.9 Å². The second kappa shape index (κ2) is 6.19. The summed E-state index contributed by atoms with van der Waals surface area (Å²) in [7, 11) is 0. The third kappa shape index (κ3) is 2.24. The largest absolute Gasteiger partial charge is 0.448 e. The van der Waals surface area contributed by atoms with Crippen LogP contribution in [0.2, 0.25) is 0 Å². The molecule has 1 N–H and O–H groups in total. The molecule has 2 heterocycles. The molecule has 0 spiro atoms. The number of hydrazine groups is 1. The van der Waals surface area contributed by atoms with E-state index in [2.05, 4.69) is 5.32 Å². The number of hydrogen-bond donors (Lipinski definition) is 1. The lowest BCUT2D eigenvalue weighted by atomic mass is 9.82. The zero-order valence-corrected chi connectivity index (χ0v) is 14.7. The number of nitrogens with one attached hydrogen (secondary N) is 1. The van der Waals surface area contributed by atoms with Crippen molar-refractivity contribution >= 4 is 18.1 Å². The summed E-state index contributed by atoms with van der Waals surface area (Å²) in [6.07, 6.45) is -0.595. The van der Waals surface area contributed by atoms with Crippen LogP contribution in [-0.2, 0) is 9.47 Å². The van der Waals surface area contributed by atoms with E-state index in [9.17, 15) is 14.4 Å². The minimum absolute atomic E-state index is 0.0796. The summed E-state index contributed by atoms with van der Waals surface area (Å²) in [6, 6.07) is 6.55. The normalized spacial score (nSPS) is 28.3. The van der Waals surface area contributed by atoms with Crippen molar-refractivity contribution < 1.29 is 23.9 Å². The zero-order chi connectivity index (χ0) is 18.4. The van der Waals surface area contributed by atoms with Crippen molar-refractivity contribution in [2.75, 3.05) is 13.2 Å². The molecule has 3 amide bonds. The molecule has 1 aliphatic carbocycles. The number of carbonyl (C=O) groups is 3. The van der Waals surface area contributed by atoms with E-state index < -0.39 is 12.2 Å². The minimum Gasteiger partial charge on any atom is -0.448 e. The van der Waals surface area contributed by atoms with Crippen molar-refractivity contribution in [2.24, 2.45) is 0 Å². The monoisotopic (exact) mass is 359 g/mol. The third-order valence-corrected chi connectivity index (χ3v) is 5.33. The van der Waals surface area contributed by atoms with Crippen molar-refractivity contribution in [1.29, 1.82) is 0 Å². The third-order valence-electron chi connectivity index (χ3n) is 5.33. The second-order valence-electron chi connectivity index (χ2n) is 6.57. The van der Waals surface area contributed by atoms with Gasteiger partial charge in [0.1, 0.15) is 0 Å². The summed E-state index contributed by atoms with van der Waals surface area (Å²) in [5.74, 6) is -0.232. The van der Waals surface area contributed by atoms with Crippen molar-refractivity contribution in [2.45, 2.75) is 44.3 Å². The molecule has 8 heteroatoms. The number of rotatable bonds is 2. The first-order chi connectivity index (χ1) is 12.6. The maximum absolute atomic E-state index is 12.6. The molecule has 3 aliphatic rings. The van der Waals surface area contributed by atoms with Crippen LogP contribution in [0.15, 0.2) is 24.3 Å². The molecule has 2 aliphatic heterocycles. The predicted octanol–water partition coefficient (Wildman–Crippen LogP) is 1.87. The van der Waals surface area contributed by atoms with Crippen LogP contribution in [0.3, 0.4) is 0 Å². The molecule has 2 fully saturated rings. The highest BCUT2D eigenvalue weighted by Crippen LogP contribution is 2.49. The standard InChI is InChI=1S/C18H21N3O5/c1-3-25-17(23)20-12-9-13(21(20)18(24)26-4-2)15-14(12)10-7-5-6-8-11(10)16(22)19-15/h5-8,12-15H,3-4,9H2,1-2H3,(H,19,22)/t12-,13+,14+,15-/m0/s1. The Labute approximate surface area is 151 Å². The first-order valence-electron chi connectivity index (χ1n) is 8.90. The SMILES string of the molecule is CCOC(=O)N1[C@@H]2C[C@@H]([C@H]3c4ccccc4C(=O)N[C@H]32)N1C(=O)OCC. The van der Waals surface area contributed by atoms with Gasteiger partial charge < -0.3 is 14.8 Å². The lowest BCUT2D eigenvalue weighted by Gasteiger charge is -2.46. The first-order valence-corrected chi connectivity index (χ1v) is 8.90. The van der Waals surface area contributed by atoms with Crippen LogP contribution in [0.25, 0.3) is 0 Å². The maximum atomic E-state index is 12.6. The smallest absolute Gasteiger partial charge is 0.429 e. The second-order valence-corrected chi connectivity index (χ2v) is 6.57. The lowest BCUT2D eigenvalue weighted by molar-refractivity contribution is -0.0526. The van der Waals surface area contributed by atoms with E-state index in [0.29, 0.717) is 12.0 Å². The Bertz CT molecular complexity index is 767. The number of amides is 3. The van der Waals surface area contributed by atoms with E-state index in [4.69, 9.17) is 9.47 Å². The van der Waals surface area contributed by atoms with Crippen LogP contribution in [-0.4, -0.2) is 59.5 Å². The molecule has 26 heavy (non-hydrogen) atoms. The average molecular weight is 359 g/mol. The van der Waals surface area contributed by atoms with E-state index >= 15 is 0 Å². The van der Waals surface area contributed by atoms with Gasteiger partial charge in [-0.1, -0.05) is 18.2 Å². The van der Waals surface area contributed by atoms with Crippen LogP contribution in [0.4, 0.5) is 9.59 Å². The highest BCUT2D eigenvalue weighted by atomic mass is 16.6. The Balaban J connectivity index is 1.75. The Kier molecular flexibility index (Phi) is 3.97. The molecule has 0 radical (unpaired) electrons. The van der Waals surface area contributed by atoms with Gasteiger partial charge in [-0.15, -0.1) is 0 Å². The lowest BCUT2D eigenvalue weighted by Crippen LogP contribution is -2.64. The van der Waals surface area contributed by atoms with E-state index in [1.165, 1.54) is 10.0 Å². The van der Waals surface area contributed by atoms with Crippen molar-refractivity contribution in [3.05, 3.63) is 35.4 Å². The van der Waals surface area contributed by atoms with Gasteiger partial charge in [-0.2, -0.15) is 0 Å². The quantitative estimate of drug-likeness (QED) is 0.871. The van der Waals surface area contributed by atoms with Crippen LogP contribution < -0.4 is 5.32 Å². The summed E-state index contributed by atoms with van der Waals surface area (Å²) >= 11 is 0. The molecule has 4 rings (SSSR count). The fourth-order valence-corrected chi connectivity index (χ4v) is 4.48. The van der Waals surface area contributed by atoms with Crippen molar-refractivity contribution in [3.8, 4) is 0 Å². The minimum atomic E-state index is -0.598. The molecule has 138 valence electrons. The first kappa shape index (κ1) is 16.7. The van der Waals surface area contributed by atoms with Crippen LogP contribution in [0.1, 0.15) is 42.1 Å². The van der Waals surface area contributed by atoms with Gasteiger partial charge >= 0.3 is 12.2 Å². The Morgan fingerprint density at radius 1 is 1.08 bits per heavy atom. The maximum Gasteiger partial charge on any atom is 0.429 e. The van der Waals surface area contributed by atoms with Gasteiger partial charge in [0.25, 0.3) is 5.91 Å². The summed E-state index contributed by atoms with van der Waals surface area (Å²) in [5.41, 5.74) is 1.53. The fourth-order valence-electron chi connectivity index (χ4n) is 4.48. The Hall–Kier alpha value is -2.77. The van der Waals surface area contributed by atoms with Gasteiger partial charge in [0.05, 0.1) is 31.3 Å². The van der Waals surface area contributed by atoms with Crippen LogP contribution in [0, 0.1) is 0 Å². The Morgan fingerprint density at radius 3 is 2.35 bits per heavy atom. The highest BCUT2D eigenvalue weighted by Gasteiger charge is 2.62. The molecule has 2 bridgehead atoms. The molecule has 0 aromatic heterocycles. The molecule has 1 aromatic carbocycles. The fraction of sp³-hybridized carbons (Fsp3) is 0.500. The van der Waals surface area contributed by atoms with Gasteiger partial charge in [0, 0.05) is 11.5 Å². The highest BCUT2D eigenvalue weighted by molar-refractivity contribution is 5.98. The zero-order valence-electron chi connectivity index (χ0n) is 14.7. The molecular weight excluding hydrogens is 338 g/mol. The molecular formula is C18H21N3O5. The average Bonchev–Trinajstić information content (AvgIpc) is 3.19. The molecule has 4 atom stereocenters. The number of hydrogen-bond acceptors (Lipinski definition) is 5. The van der Waals surface area contributed by atoms with E-state index in [-0.39, 0.29) is 43.2 Å². The van der Waals surface area contributed by atoms with Gasteiger partial charge in [-0.25, -0.2) is 19.6 Å². The van der Waals surface area contributed by atoms with Crippen LogP contribution in [0.5, 0.6) is 0 Å². The van der Waals surface area contributed by atoms with Crippen molar-refractivity contribution in [3.63, 3.8) is 0 Å². The van der Waals surface area contributed by atoms with Gasteiger partial charge in [-0.3, -0.25) is 4.79 Å². The molecule has 8 nitrogen and oxygen atoms in total. The summed E-state index contributed by atoms with van der Waals surface area (Å²) in [4.78, 5) is 37.5. The Morgan fingerprint density at radius 2 is 1.69 bits per heavy atom. The van der Waals surface area contributed by atoms with Gasteiger partial charge in [0.2, 0.25) is 0 Å². The van der Waals surface area contributed by atoms with E-state index in [1.54, 1.807) is 19.9 Å². The molecule has 1 saturated heterocycles. The van der Waals surface area contributed by atoms with Crippen molar-refractivity contribution in [1.82, 2.24) is 15.3 Å². The number of benzene rings is 1. The summed E-state index contributed by atoms with van der Waals surface area (Å²) in [6.45, 7) is 3.85. The molecule has 1 saturated carbocycles. The van der Waals surface area contributed by atoms with E-state index in [0.717, 1.165) is 5.56 Å². The number of nitrogens with zero attached hydrogens (tertiary/aromatic N) is 2. The van der Waals surface area contributed by atoms with E-state index in [1.807, 2.05) is 18.2 Å². The van der Waals surface area contributed by atoms with Gasteiger partial charge in [0.15, 0.2) is 0 Å². The summed E-state index contributed by atoms with van der Waals surface area (Å²) < 4.78 is 10.3. The molecule has 1 aromatic rings. The van der Waals surface area contributed by atoms with Crippen LogP contribution >= 0.6 is 0 Å². The topological polar surface area (TPSA) is 88.2 Å². The number of carbonyl (C=O) groups excluding carboxylic acids is 3. The summed E-state index contributed by atoms with van der Waals surface area (Å²) in [5, 5.41) is 5.71.